The number of nitrogens with one attached hydrogen (secondary N) is 2. The Morgan fingerprint density at radius 1 is 1.29 bits per heavy atom. The Kier molecular flexibility index (Phi) is 5.31. The van der Waals surface area contributed by atoms with Gasteiger partial charge in [0.25, 0.3) is 11.8 Å². The summed E-state index contributed by atoms with van der Waals surface area (Å²) in [6.07, 6.45) is 1.69. The highest BCUT2D eigenvalue weighted by Crippen LogP contribution is 2.34. The van der Waals surface area contributed by atoms with E-state index in [0.29, 0.717) is 24.1 Å². The number of hydrogen-bond acceptors (Lipinski definition) is 6. The maximum absolute atomic E-state index is 12.5. The molecular formula is C19H20N4O5. The van der Waals surface area contributed by atoms with E-state index in [-0.39, 0.29) is 0 Å². The molecule has 2 aliphatic rings. The van der Waals surface area contributed by atoms with Crippen molar-refractivity contribution in [1.29, 1.82) is 5.26 Å². The summed E-state index contributed by atoms with van der Waals surface area (Å²) < 4.78 is 5.06. The fourth-order valence-corrected chi connectivity index (χ4v) is 3.43. The minimum Gasteiger partial charge on any atom is -0.451 e. The summed E-state index contributed by atoms with van der Waals surface area (Å²) in [5.41, 5.74) is 0.00546. The summed E-state index contributed by atoms with van der Waals surface area (Å²) in [6.45, 7) is 0.849. The molecule has 2 fully saturated rings. The molecule has 28 heavy (non-hydrogen) atoms. The predicted octanol–water partition coefficient (Wildman–Crippen LogP) is 1.29. The number of nitriles is 1. The third-order valence-corrected chi connectivity index (χ3v) is 4.95. The Hall–Kier alpha value is -3.41. The summed E-state index contributed by atoms with van der Waals surface area (Å²) in [4.78, 5) is 49.7. The molecule has 3 rings (SSSR count). The molecule has 0 unspecified atom stereocenters. The fourth-order valence-electron chi connectivity index (χ4n) is 3.43. The van der Waals surface area contributed by atoms with Crippen molar-refractivity contribution < 1.29 is 23.9 Å². The van der Waals surface area contributed by atoms with E-state index < -0.39 is 42.0 Å². The molecule has 1 aromatic rings. The van der Waals surface area contributed by atoms with E-state index in [4.69, 9.17) is 10.00 Å². The number of anilines is 1. The van der Waals surface area contributed by atoms with E-state index in [1.807, 2.05) is 6.07 Å². The monoisotopic (exact) mass is 384 g/mol. The highest BCUT2D eigenvalue weighted by Gasteiger charge is 2.52. The van der Waals surface area contributed by atoms with Gasteiger partial charge in [-0.1, -0.05) is 12.8 Å². The van der Waals surface area contributed by atoms with E-state index in [1.165, 1.54) is 6.92 Å². The molecule has 1 aliphatic carbocycles. The summed E-state index contributed by atoms with van der Waals surface area (Å²) in [5, 5.41) is 14.0. The molecule has 1 spiro atoms. The molecule has 1 saturated heterocycles. The average molecular weight is 384 g/mol. The first kappa shape index (κ1) is 19.4. The van der Waals surface area contributed by atoms with Gasteiger partial charge in [-0.15, -0.1) is 0 Å². The van der Waals surface area contributed by atoms with Crippen LogP contribution in [0.5, 0.6) is 0 Å². The molecule has 0 aromatic heterocycles. The molecule has 146 valence electrons. The Balaban J connectivity index is 1.53. The number of nitrogens with zero attached hydrogens (tertiary/aromatic N) is 2. The summed E-state index contributed by atoms with van der Waals surface area (Å²) >= 11 is 0. The molecular weight excluding hydrogens is 364 g/mol. The van der Waals surface area contributed by atoms with Gasteiger partial charge in [-0.2, -0.15) is 5.26 Å². The van der Waals surface area contributed by atoms with Crippen molar-refractivity contribution >= 4 is 29.5 Å². The first-order valence-electron chi connectivity index (χ1n) is 8.99. The van der Waals surface area contributed by atoms with Gasteiger partial charge in [0.05, 0.1) is 11.6 Å². The minimum absolute atomic E-state index is 0.415. The topological polar surface area (TPSA) is 129 Å². The number of hydrogen-bond donors (Lipinski definition) is 2. The summed E-state index contributed by atoms with van der Waals surface area (Å²) in [5.74, 6) is -1.83. The van der Waals surface area contributed by atoms with Gasteiger partial charge in [-0.05, 0) is 44.0 Å². The van der Waals surface area contributed by atoms with Crippen molar-refractivity contribution in [1.82, 2.24) is 10.2 Å². The average Bonchev–Trinajstić information content (AvgIpc) is 3.23. The quantitative estimate of drug-likeness (QED) is 0.581. The lowest BCUT2D eigenvalue weighted by atomic mass is 9.98. The third kappa shape index (κ3) is 3.81. The molecule has 9 heteroatoms. The molecule has 1 atom stereocenters. The second-order valence-corrected chi connectivity index (χ2v) is 6.92. The standard InChI is InChI=1S/C19H20N4O5/c1-12(16(25)21-14-6-4-13(10-20)5-7-14)28-15(24)11-23-17(26)19(22-18(23)27)8-2-3-9-19/h4-7,12H,2-3,8-9,11H2,1H3,(H,21,25)(H,22,27)/t12-/m0/s1. The number of amides is 4. The molecule has 4 amide bonds. The zero-order valence-electron chi connectivity index (χ0n) is 15.4. The molecule has 0 radical (unpaired) electrons. The number of urea groups is 1. The van der Waals surface area contributed by atoms with Crippen LogP contribution in [0.2, 0.25) is 0 Å². The number of esters is 1. The fraction of sp³-hybridized carbons (Fsp3) is 0.421. The van der Waals surface area contributed by atoms with Crippen molar-refractivity contribution in [2.75, 3.05) is 11.9 Å². The van der Waals surface area contributed by atoms with Crippen molar-refractivity contribution in [2.45, 2.75) is 44.2 Å². The second kappa shape index (κ2) is 7.68. The van der Waals surface area contributed by atoms with Crippen LogP contribution in [0.15, 0.2) is 24.3 Å². The van der Waals surface area contributed by atoms with E-state index in [2.05, 4.69) is 10.6 Å². The van der Waals surface area contributed by atoms with Crippen LogP contribution < -0.4 is 10.6 Å². The van der Waals surface area contributed by atoms with Crippen LogP contribution in [0, 0.1) is 11.3 Å². The van der Waals surface area contributed by atoms with Gasteiger partial charge < -0.3 is 15.4 Å². The van der Waals surface area contributed by atoms with Crippen molar-refractivity contribution in [2.24, 2.45) is 0 Å². The van der Waals surface area contributed by atoms with Gasteiger partial charge >= 0.3 is 12.0 Å². The van der Waals surface area contributed by atoms with Crippen molar-refractivity contribution in [3.63, 3.8) is 0 Å². The second-order valence-electron chi connectivity index (χ2n) is 6.92. The molecule has 9 nitrogen and oxygen atoms in total. The molecule has 0 bridgehead atoms. The highest BCUT2D eigenvalue weighted by atomic mass is 16.5. The van der Waals surface area contributed by atoms with Crippen molar-refractivity contribution in [3.8, 4) is 6.07 Å². The Morgan fingerprint density at radius 2 is 1.93 bits per heavy atom. The van der Waals surface area contributed by atoms with Gasteiger partial charge in [-0.25, -0.2) is 4.79 Å². The first-order chi connectivity index (χ1) is 13.3. The number of rotatable bonds is 5. The van der Waals surface area contributed by atoms with Crippen molar-refractivity contribution in [3.05, 3.63) is 29.8 Å². The van der Waals surface area contributed by atoms with E-state index in [9.17, 15) is 19.2 Å². The van der Waals surface area contributed by atoms with Gasteiger partial charge in [0, 0.05) is 5.69 Å². The van der Waals surface area contributed by atoms with E-state index in [0.717, 1.165) is 17.7 Å². The largest absolute Gasteiger partial charge is 0.451 e. The Morgan fingerprint density at radius 3 is 2.54 bits per heavy atom. The molecule has 1 aliphatic heterocycles. The zero-order valence-corrected chi connectivity index (χ0v) is 15.4. The highest BCUT2D eigenvalue weighted by molar-refractivity contribution is 6.09. The van der Waals surface area contributed by atoms with Crippen LogP contribution in [0.3, 0.4) is 0 Å². The smallest absolute Gasteiger partial charge is 0.327 e. The Bertz CT molecular complexity index is 852. The van der Waals surface area contributed by atoms with Gasteiger partial charge in [0.2, 0.25) is 0 Å². The lowest BCUT2D eigenvalue weighted by molar-refractivity contribution is -0.155. The SMILES string of the molecule is C[C@H](OC(=O)CN1C(=O)NC2(CCCC2)C1=O)C(=O)Nc1ccc(C#N)cc1. The number of benzene rings is 1. The summed E-state index contributed by atoms with van der Waals surface area (Å²) in [7, 11) is 0. The normalized spacial score (nSPS) is 18.5. The lowest BCUT2D eigenvalue weighted by Gasteiger charge is -2.20. The molecule has 1 aromatic carbocycles. The van der Waals surface area contributed by atoms with Gasteiger partial charge in [-0.3, -0.25) is 19.3 Å². The number of imide groups is 1. The first-order valence-corrected chi connectivity index (χ1v) is 8.99. The maximum atomic E-state index is 12.5. The molecule has 1 heterocycles. The van der Waals surface area contributed by atoms with E-state index >= 15 is 0 Å². The summed E-state index contributed by atoms with van der Waals surface area (Å²) in [6, 6.07) is 7.55. The van der Waals surface area contributed by atoms with E-state index in [1.54, 1.807) is 24.3 Å². The van der Waals surface area contributed by atoms with Crippen LogP contribution in [-0.2, 0) is 19.1 Å². The number of carbonyl (C=O) groups is 4. The van der Waals surface area contributed by atoms with Crippen LogP contribution in [-0.4, -0.2) is 46.9 Å². The van der Waals surface area contributed by atoms with Crippen LogP contribution in [0.25, 0.3) is 0 Å². The van der Waals surface area contributed by atoms with Gasteiger partial charge in [0.1, 0.15) is 12.1 Å². The van der Waals surface area contributed by atoms with Crippen LogP contribution >= 0.6 is 0 Å². The zero-order chi connectivity index (χ0) is 20.3. The maximum Gasteiger partial charge on any atom is 0.327 e. The van der Waals surface area contributed by atoms with Gasteiger partial charge in [0.15, 0.2) is 6.10 Å². The minimum atomic E-state index is -1.12. The van der Waals surface area contributed by atoms with Crippen LogP contribution in [0.1, 0.15) is 38.2 Å². The number of ether oxygens (including phenoxy) is 1. The molecule has 2 N–H and O–H groups in total. The number of carbonyl (C=O) groups excluding carboxylic acids is 4. The van der Waals surface area contributed by atoms with Crippen LogP contribution in [0.4, 0.5) is 10.5 Å². The Labute approximate surface area is 161 Å². The molecule has 1 saturated carbocycles. The third-order valence-electron chi connectivity index (χ3n) is 4.95. The predicted molar refractivity (Wildman–Crippen MR) is 96.8 cm³/mol. The lowest BCUT2D eigenvalue weighted by Crippen LogP contribution is -2.44.